The van der Waals surface area contributed by atoms with Crippen LogP contribution in [0.2, 0.25) is 0 Å². The number of ether oxygens (including phenoxy) is 2. The zero-order chi connectivity index (χ0) is 20.1. The number of benzene rings is 1. The summed E-state index contributed by atoms with van der Waals surface area (Å²) in [6.45, 7) is 7.94. The number of nitrogens with one attached hydrogen (secondary N) is 1. The third kappa shape index (κ3) is 4.99. The van der Waals surface area contributed by atoms with E-state index in [1.54, 1.807) is 12.1 Å². The highest BCUT2D eigenvalue weighted by Crippen LogP contribution is 2.22. The number of anilines is 1. The Hall–Kier alpha value is -1.90. The van der Waals surface area contributed by atoms with Crippen LogP contribution in [0.3, 0.4) is 0 Å². The normalized spacial score (nSPS) is 24.5. The summed E-state index contributed by atoms with van der Waals surface area (Å²) in [6.07, 6.45) is 1.04. The number of nitrogens with zero attached hydrogens (tertiary/aromatic N) is 3. The molecular weight excluding hydrogens is 375 g/mol. The Kier molecular flexibility index (Phi) is 6.84. The molecule has 1 aromatic rings. The lowest BCUT2D eigenvalue weighted by atomic mass is 9.97. The molecule has 7 nitrogen and oxygen atoms in total. The summed E-state index contributed by atoms with van der Waals surface area (Å²) < 4.78 is 25.1. The highest BCUT2D eigenvalue weighted by molar-refractivity contribution is 5.74. The van der Waals surface area contributed by atoms with E-state index in [9.17, 15) is 9.18 Å². The Morgan fingerprint density at radius 1 is 1.07 bits per heavy atom. The Morgan fingerprint density at radius 2 is 1.83 bits per heavy atom. The van der Waals surface area contributed by atoms with Gasteiger partial charge in [0.25, 0.3) is 0 Å². The molecule has 0 aromatic heterocycles. The van der Waals surface area contributed by atoms with Crippen molar-refractivity contribution in [2.24, 2.45) is 5.92 Å². The van der Waals surface area contributed by atoms with E-state index in [1.165, 1.54) is 6.07 Å². The first kappa shape index (κ1) is 20.4. The number of morpholine rings is 1. The number of urea groups is 1. The minimum Gasteiger partial charge on any atom is -0.381 e. The quantitative estimate of drug-likeness (QED) is 0.801. The number of para-hydroxylation sites is 1. The van der Waals surface area contributed by atoms with Gasteiger partial charge in [-0.2, -0.15) is 0 Å². The van der Waals surface area contributed by atoms with E-state index in [0.29, 0.717) is 44.3 Å². The molecule has 29 heavy (non-hydrogen) atoms. The van der Waals surface area contributed by atoms with Crippen LogP contribution in [-0.4, -0.2) is 94.1 Å². The Labute approximate surface area is 171 Å². The Bertz CT molecular complexity index is 672. The molecule has 0 saturated carbocycles. The molecule has 0 aliphatic carbocycles. The van der Waals surface area contributed by atoms with Gasteiger partial charge in [-0.05, 0) is 18.6 Å². The lowest BCUT2D eigenvalue weighted by molar-refractivity contribution is 0.00185. The summed E-state index contributed by atoms with van der Waals surface area (Å²) in [5.74, 6) is 0.240. The van der Waals surface area contributed by atoms with Crippen LogP contribution in [0, 0.1) is 11.7 Å². The van der Waals surface area contributed by atoms with E-state index in [0.717, 1.165) is 45.9 Å². The predicted molar refractivity (Wildman–Crippen MR) is 109 cm³/mol. The van der Waals surface area contributed by atoms with E-state index in [1.807, 2.05) is 15.9 Å². The minimum absolute atomic E-state index is 0.0321. The molecule has 0 bridgehead atoms. The van der Waals surface area contributed by atoms with Gasteiger partial charge in [-0.25, -0.2) is 9.18 Å². The topological polar surface area (TPSA) is 57.3 Å². The van der Waals surface area contributed by atoms with Gasteiger partial charge in [-0.1, -0.05) is 12.1 Å². The van der Waals surface area contributed by atoms with Gasteiger partial charge in [0.15, 0.2) is 0 Å². The smallest absolute Gasteiger partial charge is 0.317 e. The van der Waals surface area contributed by atoms with Gasteiger partial charge in [0, 0.05) is 64.4 Å². The van der Waals surface area contributed by atoms with E-state index < -0.39 is 0 Å². The van der Waals surface area contributed by atoms with Gasteiger partial charge in [0.2, 0.25) is 0 Å². The van der Waals surface area contributed by atoms with Gasteiger partial charge in [-0.3, -0.25) is 4.90 Å². The molecule has 3 aliphatic heterocycles. The maximum absolute atomic E-state index is 14.0. The molecule has 1 aromatic carbocycles. The first-order valence-corrected chi connectivity index (χ1v) is 10.6. The third-order valence-corrected chi connectivity index (χ3v) is 6.25. The zero-order valence-corrected chi connectivity index (χ0v) is 16.9. The highest BCUT2D eigenvalue weighted by atomic mass is 19.1. The molecule has 4 rings (SSSR count). The van der Waals surface area contributed by atoms with Crippen LogP contribution < -0.4 is 10.2 Å². The van der Waals surface area contributed by atoms with Crippen molar-refractivity contribution in [2.75, 3.05) is 77.1 Å². The molecule has 3 fully saturated rings. The van der Waals surface area contributed by atoms with Crippen molar-refractivity contribution in [1.29, 1.82) is 0 Å². The van der Waals surface area contributed by atoms with Crippen molar-refractivity contribution in [3.8, 4) is 0 Å². The molecule has 1 N–H and O–H groups in total. The number of carbonyl (C=O) groups excluding carboxylic acids is 1. The second-order valence-corrected chi connectivity index (χ2v) is 7.95. The van der Waals surface area contributed by atoms with Crippen LogP contribution in [0.5, 0.6) is 0 Å². The molecule has 2 atom stereocenters. The van der Waals surface area contributed by atoms with Crippen molar-refractivity contribution in [1.82, 2.24) is 15.1 Å². The second kappa shape index (κ2) is 9.73. The fraction of sp³-hybridized carbons (Fsp3) is 0.667. The van der Waals surface area contributed by atoms with Gasteiger partial charge in [0.1, 0.15) is 5.82 Å². The number of piperazine rings is 1. The van der Waals surface area contributed by atoms with E-state index in [-0.39, 0.29) is 17.9 Å². The highest BCUT2D eigenvalue weighted by Gasteiger charge is 2.32. The summed E-state index contributed by atoms with van der Waals surface area (Å²) in [5, 5.41) is 3.15. The fourth-order valence-electron chi connectivity index (χ4n) is 4.52. The number of carbonyl (C=O) groups is 1. The van der Waals surface area contributed by atoms with Crippen LogP contribution >= 0.6 is 0 Å². The lowest BCUT2D eigenvalue weighted by Gasteiger charge is -2.39. The van der Waals surface area contributed by atoms with Crippen molar-refractivity contribution >= 4 is 11.7 Å². The Balaban J connectivity index is 1.29. The lowest BCUT2D eigenvalue weighted by Crippen LogP contribution is -2.56. The van der Waals surface area contributed by atoms with Crippen LogP contribution in [0.25, 0.3) is 0 Å². The average molecular weight is 407 g/mol. The largest absolute Gasteiger partial charge is 0.381 e. The van der Waals surface area contributed by atoms with Gasteiger partial charge in [0.05, 0.1) is 25.5 Å². The number of amides is 2. The maximum atomic E-state index is 14.0. The van der Waals surface area contributed by atoms with Crippen molar-refractivity contribution < 1.29 is 18.7 Å². The van der Waals surface area contributed by atoms with Crippen molar-refractivity contribution in [3.63, 3.8) is 0 Å². The molecule has 2 amide bonds. The SMILES string of the molecule is O=C(NC[C@H]([C@@H]1CCOC1)N1CCOCC1)N1CCN(c2ccccc2F)CC1. The third-order valence-electron chi connectivity index (χ3n) is 6.25. The molecule has 8 heteroatoms. The van der Waals surface area contributed by atoms with Crippen molar-refractivity contribution in [2.45, 2.75) is 12.5 Å². The minimum atomic E-state index is -0.211. The number of hydrogen-bond acceptors (Lipinski definition) is 5. The van der Waals surface area contributed by atoms with Gasteiger partial charge < -0.3 is 24.6 Å². The molecule has 0 unspecified atom stereocenters. The molecule has 160 valence electrons. The van der Waals surface area contributed by atoms with Gasteiger partial charge >= 0.3 is 6.03 Å². The maximum Gasteiger partial charge on any atom is 0.317 e. The second-order valence-electron chi connectivity index (χ2n) is 7.95. The van der Waals surface area contributed by atoms with Crippen LogP contribution in [-0.2, 0) is 9.47 Å². The van der Waals surface area contributed by atoms with Crippen LogP contribution in [0.1, 0.15) is 6.42 Å². The van der Waals surface area contributed by atoms with Crippen LogP contribution in [0.4, 0.5) is 14.9 Å². The predicted octanol–water partition coefficient (Wildman–Crippen LogP) is 1.39. The summed E-state index contributed by atoms with van der Waals surface area (Å²) >= 11 is 0. The fourth-order valence-corrected chi connectivity index (χ4v) is 4.52. The first-order valence-electron chi connectivity index (χ1n) is 10.6. The molecule has 0 radical (unpaired) electrons. The van der Waals surface area contributed by atoms with Gasteiger partial charge in [-0.15, -0.1) is 0 Å². The molecule has 3 heterocycles. The summed E-state index contributed by atoms with van der Waals surface area (Å²) in [5.41, 5.74) is 0.612. The van der Waals surface area contributed by atoms with E-state index in [4.69, 9.17) is 9.47 Å². The summed E-state index contributed by atoms with van der Waals surface area (Å²) in [7, 11) is 0. The first-order chi connectivity index (χ1) is 14.2. The number of hydrogen-bond donors (Lipinski definition) is 1. The zero-order valence-electron chi connectivity index (χ0n) is 16.9. The number of rotatable bonds is 5. The van der Waals surface area contributed by atoms with Crippen molar-refractivity contribution in [3.05, 3.63) is 30.1 Å². The molecule has 3 aliphatic rings. The average Bonchev–Trinajstić information content (AvgIpc) is 3.30. The molecular formula is C21H31FN4O3. The van der Waals surface area contributed by atoms with E-state index >= 15 is 0 Å². The van der Waals surface area contributed by atoms with E-state index in [2.05, 4.69) is 10.2 Å². The Morgan fingerprint density at radius 3 is 2.52 bits per heavy atom. The summed E-state index contributed by atoms with van der Waals surface area (Å²) in [4.78, 5) is 19.0. The summed E-state index contributed by atoms with van der Waals surface area (Å²) in [6, 6.07) is 7.06. The standard InChI is InChI=1S/C21H31FN4O3/c22-18-3-1-2-4-19(18)24-6-8-26(9-7-24)21(27)23-15-20(17-5-12-29-16-17)25-10-13-28-14-11-25/h1-4,17,20H,5-16H2,(H,23,27)/t17-,20-/m1/s1. The number of halogens is 1. The monoisotopic (exact) mass is 406 g/mol. The molecule has 0 spiro atoms. The molecule has 3 saturated heterocycles. The van der Waals surface area contributed by atoms with Crippen LogP contribution in [0.15, 0.2) is 24.3 Å².